The summed E-state index contributed by atoms with van der Waals surface area (Å²) >= 11 is 0. The van der Waals surface area contributed by atoms with Gasteiger partial charge in [-0.1, -0.05) is 26.0 Å². The van der Waals surface area contributed by atoms with E-state index in [0.717, 1.165) is 24.8 Å². The normalized spacial score (nSPS) is 47.6. The maximum Gasteiger partial charge on any atom is 0.309 e. The molecule has 1 aliphatic heterocycles. The Morgan fingerprint density at radius 2 is 2.06 bits per heavy atom. The summed E-state index contributed by atoms with van der Waals surface area (Å²) in [5.74, 6) is 0.531. The van der Waals surface area contributed by atoms with E-state index in [9.17, 15) is 9.59 Å². The lowest BCUT2D eigenvalue weighted by Gasteiger charge is -2.49. The van der Waals surface area contributed by atoms with Crippen molar-refractivity contribution in [2.75, 3.05) is 0 Å². The van der Waals surface area contributed by atoms with Crippen molar-refractivity contribution < 1.29 is 14.3 Å². The van der Waals surface area contributed by atoms with Gasteiger partial charge in [0.05, 0.1) is 5.92 Å². The summed E-state index contributed by atoms with van der Waals surface area (Å²) in [5.41, 5.74) is 0.759. The summed E-state index contributed by atoms with van der Waals surface area (Å²) in [5, 5.41) is 0. The van der Waals surface area contributed by atoms with Crippen molar-refractivity contribution in [1.29, 1.82) is 0 Å². The number of hydrogen-bond acceptors (Lipinski definition) is 3. The fourth-order valence-corrected chi connectivity index (χ4v) is 4.21. The van der Waals surface area contributed by atoms with Crippen LogP contribution < -0.4 is 0 Å². The molecule has 0 amide bonds. The minimum absolute atomic E-state index is 0.0237. The zero-order valence-electron chi connectivity index (χ0n) is 11.1. The van der Waals surface area contributed by atoms with E-state index in [1.807, 2.05) is 13.8 Å². The van der Waals surface area contributed by atoms with Gasteiger partial charge in [0.15, 0.2) is 0 Å². The van der Waals surface area contributed by atoms with Crippen LogP contribution in [0.1, 0.15) is 39.5 Å². The third-order valence-electron chi connectivity index (χ3n) is 5.45. The molecule has 0 aromatic heterocycles. The molecule has 0 aromatic carbocycles. The number of rotatable bonds is 0. The first-order valence-corrected chi connectivity index (χ1v) is 6.86. The molecule has 5 atom stereocenters. The number of carbonyl (C=O) groups is 2. The van der Waals surface area contributed by atoms with Crippen LogP contribution in [0, 0.1) is 23.2 Å². The van der Waals surface area contributed by atoms with E-state index < -0.39 is 0 Å². The molecule has 2 aliphatic carbocycles. The Balaban J connectivity index is 2.00. The lowest BCUT2D eigenvalue weighted by molar-refractivity contribution is -0.152. The Morgan fingerprint density at radius 1 is 1.33 bits per heavy atom. The molecule has 3 rings (SSSR count). The highest BCUT2D eigenvalue weighted by atomic mass is 16.6. The first-order valence-electron chi connectivity index (χ1n) is 6.86. The molecule has 3 heteroatoms. The maximum absolute atomic E-state index is 12.3. The molecule has 3 aliphatic rings. The van der Waals surface area contributed by atoms with Gasteiger partial charge in [0.2, 0.25) is 0 Å². The van der Waals surface area contributed by atoms with Gasteiger partial charge in [-0.25, -0.2) is 0 Å². The molecule has 5 unspecified atom stereocenters. The van der Waals surface area contributed by atoms with Gasteiger partial charge < -0.3 is 4.74 Å². The van der Waals surface area contributed by atoms with Gasteiger partial charge in [-0.05, 0) is 19.3 Å². The van der Waals surface area contributed by atoms with Gasteiger partial charge in [-0.15, -0.1) is 0 Å². The second-order valence-corrected chi connectivity index (χ2v) is 6.37. The van der Waals surface area contributed by atoms with Crippen LogP contribution in [0.5, 0.6) is 0 Å². The molecule has 0 N–H and O–H groups in total. The van der Waals surface area contributed by atoms with E-state index in [4.69, 9.17) is 4.74 Å². The van der Waals surface area contributed by atoms with Crippen LogP contribution in [0.3, 0.4) is 0 Å². The first-order chi connectivity index (χ1) is 8.45. The Bertz CT molecular complexity index is 439. The van der Waals surface area contributed by atoms with Gasteiger partial charge in [0.25, 0.3) is 0 Å². The van der Waals surface area contributed by atoms with Gasteiger partial charge in [0.1, 0.15) is 11.9 Å². The number of Topliss-reactive ketones (excluding diaryl/α,β-unsaturated/α-hetero) is 1. The van der Waals surface area contributed by atoms with Crippen LogP contribution in [0.15, 0.2) is 12.2 Å². The van der Waals surface area contributed by atoms with Crippen molar-refractivity contribution in [3.63, 3.8) is 0 Å². The first kappa shape index (κ1) is 11.9. The SMILES string of the molecule is C=C1CCC(=O)C2(C)CCC3C(C)C(=O)OC3C12. The molecular formula is C15H20O3. The van der Waals surface area contributed by atoms with Crippen LogP contribution in [0.25, 0.3) is 0 Å². The molecule has 1 saturated heterocycles. The Hall–Kier alpha value is -1.12. The highest BCUT2D eigenvalue weighted by Crippen LogP contribution is 2.55. The van der Waals surface area contributed by atoms with Crippen LogP contribution >= 0.6 is 0 Å². The molecule has 98 valence electrons. The quantitative estimate of drug-likeness (QED) is 0.488. The van der Waals surface area contributed by atoms with Gasteiger partial charge in [-0.3, -0.25) is 9.59 Å². The molecule has 0 bridgehead atoms. The van der Waals surface area contributed by atoms with Crippen molar-refractivity contribution in [1.82, 2.24) is 0 Å². The Labute approximate surface area is 108 Å². The lowest BCUT2D eigenvalue weighted by Crippen LogP contribution is -2.51. The van der Waals surface area contributed by atoms with Crippen molar-refractivity contribution in [3.05, 3.63) is 12.2 Å². The van der Waals surface area contributed by atoms with Gasteiger partial charge >= 0.3 is 5.97 Å². The molecule has 0 spiro atoms. The van der Waals surface area contributed by atoms with E-state index in [1.165, 1.54) is 0 Å². The average Bonchev–Trinajstić information content (AvgIpc) is 2.60. The Morgan fingerprint density at radius 3 is 2.78 bits per heavy atom. The molecule has 3 nitrogen and oxygen atoms in total. The summed E-state index contributed by atoms with van der Waals surface area (Å²) in [7, 11) is 0. The van der Waals surface area contributed by atoms with E-state index in [0.29, 0.717) is 12.2 Å². The minimum atomic E-state index is -0.346. The van der Waals surface area contributed by atoms with Crippen LogP contribution in [-0.4, -0.2) is 17.9 Å². The highest BCUT2D eigenvalue weighted by molar-refractivity contribution is 5.87. The summed E-state index contributed by atoms with van der Waals surface area (Å²) in [4.78, 5) is 24.0. The van der Waals surface area contributed by atoms with Crippen molar-refractivity contribution in [3.8, 4) is 0 Å². The van der Waals surface area contributed by atoms with Crippen molar-refractivity contribution in [2.45, 2.75) is 45.6 Å². The number of ether oxygens (including phenoxy) is 1. The number of ketones is 1. The predicted molar refractivity (Wildman–Crippen MR) is 66.7 cm³/mol. The average molecular weight is 248 g/mol. The largest absolute Gasteiger partial charge is 0.461 e. The van der Waals surface area contributed by atoms with Gasteiger partial charge in [0, 0.05) is 23.7 Å². The van der Waals surface area contributed by atoms with E-state index in [1.54, 1.807) is 0 Å². The number of carbonyl (C=O) groups excluding carboxylic acids is 2. The fraction of sp³-hybridized carbons (Fsp3) is 0.733. The van der Waals surface area contributed by atoms with Crippen molar-refractivity contribution >= 4 is 11.8 Å². The molecular weight excluding hydrogens is 228 g/mol. The predicted octanol–water partition coefficient (Wildman–Crippen LogP) is 2.50. The summed E-state index contributed by atoms with van der Waals surface area (Å²) in [6, 6.07) is 0. The molecule has 1 heterocycles. The van der Waals surface area contributed by atoms with Gasteiger partial charge in [-0.2, -0.15) is 0 Å². The maximum atomic E-state index is 12.3. The zero-order chi connectivity index (χ0) is 13.1. The fourth-order valence-electron chi connectivity index (χ4n) is 4.21. The second-order valence-electron chi connectivity index (χ2n) is 6.37. The molecule has 2 saturated carbocycles. The third-order valence-corrected chi connectivity index (χ3v) is 5.45. The van der Waals surface area contributed by atoms with E-state index in [-0.39, 0.29) is 35.2 Å². The summed E-state index contributed by atoms with van der Waals surface area (Å²) < 4.78 is 5.58. The molecule has 0 aromatic rings. The second kappa shape index (κ2) is 3.69. The number of fused-ring (bicyclic) bond motifs is 3. The monoisotopic (exact) mass is 248 g/mol. The van der Waals surface area contributed by atoms with E-state index in [2.05, 4.69) is 6.58 Å². The standard InChI is InChI=1S/C15H20O3/c1-8-4-5-11(16)15(3)7-6-10-9(2)14(17)18-13(10)12(8)15/h9-10,12-13H,1,4-7H2,2-3H3. The molecule has 0 radical (unpaired) electrons. The minimum Gasteiger partial charge on any atom is -0.461 e. The van der Waals surface area contributed by atoms with Crippen LogP contribution in [-0.2, 0) is 14.3 Å². The van der Waals surface area contributed by atoms with Crippen LogP contribution in [0.2, 0.25) is 0 Å². The highest BCUT2D eigenvalue weighted by Gasteiger charge is 2.58. The number of esters is 1. The Kier molecular flexibility index (Phi) is 2.45. The summed E-state index contributed by atoms with van der Waals surface area (Å²) in [6.07, 6.45) is 3.05. The topological polar surface area (TPSA) is 43.4 Å². The zero-order valence-corrected chi connectivity index (χ0v) is 11.1. The molecule has 3 fully saturated rings. The third kappa shape index (κ3) is 1.36. The number of hydrogen-bond donors (Lipinski definition) is 0. The van der Waals surface area contributed by atoms with Crippen molar-refractivity contribution in [2.24, 2.45) is 23.2 Å². The van der Waals surface area contributed by atoms with Crippen LogP contribution in [0.4, 0.5) is 0 Å². The summed E-state index contributed by atoms with van der Waals surface area (Å²) in [6.45, 7) is 8.13. The smallest absolute Gasteiger partial charge is 0.309 e. The van der Waals surface area contributed by atoms with E-state index >= 15 is 0 Å². The molecule has 18 heavy (non-hydrogen) atoms. The lowest BCUT2D eigenvalue weighted by atomic mass is 9.54.